The lowest BCUT2D eigenvalue weighted by molar-refractivity contribution is 0.193. The summed E-state index contributed by atoms with van der Waals surface area (Å²) >= 11 is 6.04. The zero-order valence-corrected chi connectivity index (χ0v) is 19.4. The Balaban J connectivity index is 1.35. The minimum Gasteiger partial charge on any atom is -0.324 e. The third-order valence-electron chi connectivity index (χ3n) is 6.41. The van der Waals surface area contributed by atoms with Crippen molar-refractivity contribution < 1.29 is 4.79 Å². The molecule has 1 fully saturated rings. The van der Waals surface area contributed by atoms with Crippen molar-refractivity contribution in [1.29, 1.82) is 0 Å². The standard InChI is InChI=1S/C27H27ClN4O/c1-2-19-7-5-8-21(17-19)25-24-11-3-4-14-32(24)26(30-25)20-12-15-31(16-13-20)27(33)29-23-10-6-9-22(28)18-23/h3-11,14,17-18,20H,2,12-13,15-16H2,1H3,(H,29,33). The summed E-state index contributed by atoms with van der Waals surface area (Å²) in [5.41, 5.74) is 5.34. The Morgan fingerprint density at radius 1 is 1.06 bits per heavy atom. The maximum atomic E-state index is 12.7. The van der Waals surface area contributed by atoms with Crippen LogP contribution in [0.1, 0.15) is 37.1 Å². The van der Waals surface area contributed by atoms with Crippen LogP contribution < -0.4 is 5.32 Å². The number of amides is 2. The Labute approximate surface area is 199 Å². The van der Waals surface area contributed by atoms with Crippen LogP contribution in [0.5, 0.6) is 0 Å². The van der Waals surface area contributed by atoms with Crippen molar-refractivity contribution in [2.75, 3.05) is 18.4 Å². The molecule has 1 aliphatic heterocycles. The van der Waals surface area contributed by atoms with Gasteiger partial charge in [0, 0.05) is 41.5 Å². The number of likely N-dealkylation sites (tertiary alicyclic amines) is 1. The molecule has 5 nitrogen and oxygen atoms in total. The quantitative estimate of drug-likeness (QED) is 0.373. The summed E-state index contributed by atoms with van der Waals surface area (Å²) in [5, 5.41) is 3.56. The summed E-state index contributed by atoms with van der Waals surface area (Å²) in [4.78, 5) is 19.7. The highest BCUT2D eigenvalue weighted by Gasteiger charge is 2.27. The maximum absolute atomic E-state index is 12.7. The lowest BCUT2D eigenvalue weighted by atomic mass is 9.96. The summed E-state index contributed by atoms with van der Waals surface area (Å²) in [6.45, 7) is 3.56. The largest absolute Gasteiger partial charge is 0.324 e. The number of pyridine rings is 1. The molecule has 2 aromatic heterocycles. The second kappa shape index (κ2) is 9.28. The van der Waals surface area contributed by atoms with Crippen molar-refractivity contribution in [2.45, 2.75) is 32.1 Å². The molecule has 4 aromatic rings. The number of imidazole rings is 1. The maximum Gasteiger partial charge on any atom is 0.321 e. The first-order chi connectivity index (χ1) is 16.1. The zero-order valence-electron chi connectivity index (χ0n) is 18.7. The molecule has 0 unspecified atom stereocenters. The van der Waals surface area contributed by atoms with E-state index in [1.54, 1.807) is 12.1 Å². The first kappa shape index (κ1) is 21.5. The van der Waals surface area contributed by atoms with E-state index in [-0.39, 0.29) is 6.03 Å². The number of nitrogens with one attached hydrogen (secondary N) is 1. The highest BCUT2D eigenvalue weighted by atomic mass is 35.5. The zero-order chi connectivity index (χ0) is 22.8. The van der Waals surface area contributed by atoms with E-state index >= 15 is 0 Å². The van der Waals surface area contributed by atoms with Gasteiger partial charge in [0.2, 0.25) is 0 Å². The van der Waals surface area contributed by atoms with Crippen LogP contribution in [0, 0.1) is 0 Å². The van der Waals surface area contributed by atoms with Crippen molar-refractivity contribution in [3.05, 3.63) is 89.3 Å². The van der Waals surface area contributed by atoms with Gasteiger partial charge in [-0.1, -0.05) is 48.9 Å². The fourth-order valence-corrected chi connectivity index (χ4v) is 4.80. The second-order valence-electron chi connectivity index (χ2n) is 8.53. The predicted molar refractivity (Wildman–Crippen MR) is 134 cm³/mol. The van der Waals surface area contributed by atoms with Crippen LogP contribution >= 0.6 is 11.6 Å². The number of carbonyl (C=O) groups excluding carboxylic acids is 1. The second-order valence-corrected chi connectivity index (χ2v) is 8.97. The Kier molecular flexibility index (Phi) is 6.05. The number of aromatic nitrogens is 2. The molecular weight excluding hydrogens is 432 g/mol. The molecule has 5 rings (SSSR count). The molecule has 168 valence electrons. The number of urea groups is 1. The number of hydrogen-bond acceptors (Lipinski definition) is 2. The van der Waals surface area contributed by atoms with E-state index in [0.29, 0.717) is 29.7 Å². The van der Waals surface area contributed by atoms with E-state index in [4.69, 9.17) is 16.6 Å². The van der Waals surface area contributed by atoms with Crippen LogP contribution in [-0.2, 0) is 6.42 Å². The van der Waals surface area contributed by atoms with Crippen molar-refractivity contribution in [3.63, 3.8) is 0 Å². The molecule has 0 atom stereocenters. The van der Waals surface area contributed by atoms with Crippen LogP contribution in [0.15, 0.2) is 72.9 Å². The Morgan fingerprint density at radius 3 is 2.67 bits per heavy atom. The van der Waals surface area contributed by atoms with Crippen molar-refractivity contribution >= 4 is 28.8 Å². The number of benzene rings is 2. The molecule has 0 aliphatic carbocycles. The summed E-state index contributed by atoms with van der Waals surface area (Å²) in [5.74, 6) is 1.38. The van der Waals surface area contributed by atoms with Crippen LogP contribution in [-0.4, -0.2) is 33.4 Å². The molecule has 1 aliphatic rings. The first-order valence-electron chi connectivity index (χ1n) is 11.5. The number of hydrogen-bond donors (Lipinski definition) is 1. The van der Waals surface area contributed by atoms with Crippen LogP contribution in [0.2, 0.25) is 5.02 Å². The average Bonchev–Trinajstić information content (AvgIpc) is 3.24. The predicted octanol–water partition coefficient (Wildman–Crippen LogP) is 6.63. The Hall–Kier alpha value is -3.31. The van der Waals surface area contributed by atoms with Crippen LogP contribution in [0.25, 0.3) is 16.8 Å². The summed E-state index contributed by atoms with van der Waals surface area (Å²) in [6, 6.07) is 22.1. The van der Waals surface area contributed by atoms with E-state index in [1.807, 2.05) is 17.0 Å². The molecule has 2 amide bonds. The molecule has 6 heteroatoms. The first-order valence-corrected chi connectivity index (χ1v) is 11.9. The molecule has 2 aromatic carbocycles. The number of piperidine rings is 1. The van der Waals surface area contributed by atoms with Gasteiger partial charge < -0.3 is 14.6 Å². The molecule has 0 saturated carbocycles. The Morgan fingerprint density at radius 2 is 1.88 bits per heavy atom. The molecule has 0 bridgehead atoms. The normalized spacial score (nSPS) is 14.5. The van der Waals surface area contributed by atoms with Gasteiger partial charge in [-0.05, 0) is 61.2 Å². The minimum absolute atomic E-state index is 0.0826. The highest BCUT2D eigenvalue weighted by molar-refractivity contribution is 6.30. The number of anilines is 1. The fourth-order valence-electron chi connectivity index (χ4n) is 4.61. The third-order valence-corrected chi connectivity index (χ3v) is 6.64. The minimum atomic E-state index is -0.0826. The molecule has 1 saturated heterocycles. The van der Waals surface area contributed by atoms with Crippen molar-refractivity contribution in [3.8, 4) is 11.3 Å². The number of aryl methyl sites for hydroxylation is 1. The van der Waals surface area contributed by atoms with Gasteiger partial charge in [0.25, 0.3) is 0 Å². The summed E-state index contributed by atoms with van der Waals surface area (Å²) in [7, 11) is 0. The topological polar surface area (TPSA) is 49.6 Å². The molecule has 0 spiro atoms. The van der Waals surface area contributed by atoms with E-state index < -0.39 is 0 Å². The van der Waals surface area contributed by atoms with E-state index in [1.165, 1.54) is 5.56 Å². The monoisotopic (exact) mass is 458 g/mol. The smallest absolute Gasteiger partial charge is 0.321 e. The number of nitrogens with zero attached hydrogens (tertiary/aromatic N) is 3. The van der Waals surface area contributed by atoms with Gasteiger partial charge in [-0.25, -0.2) is 9.78 Å². The lowest BCUT2D eigenvalue weighted by Crippen LogP contribution is -2.40. The number of rotatable bonds is 4. The lowest BCUT2D eigenvalue weighted by Gasteiger charge is -2.31. The van der Waals surface area contributed by atoms with Crippen LogP contribution in [0.4, 0.5) is 10.5 Å². The summed E-state index contributed by atoms with van der Waals surface area (Å²) < 4.78 is 2.22. The molecule has 0 radical (unpaired) electrons. The van der Waals surface area contributed by atoms with E-state index in [2.05, 4.69) is 65.3 Å². The number of fused-ring (bicyclic) bond motifs is 1. The molecule has 3 heterocycles. The van der Waals surface area contributed by atoms with Gasteiger partial charge in [0.05, 0.1) is 11.2 Å². The number of halogens is 1. The van der Waals surface area contributed by atoms with Gasteiger partial charge in [-0.15, -0.1) is 0 Å². The van der Waals surface area contributed by atoms with Gasteiger partial charge in [-0.3, -0.25) is 0 Å². The fraction of sp³-hybridized carbons (Fsp3) is 0.259. The average molecular weight is 459 g/mol. The van der Waals surface area contributed by atoms with Crippen molar-refractivity contribution in [1.82, 2.24) is 14.3 Å². The van der Waals surface area contributed by atoms with Gasteiger partial charge in [-0.2, -0.15) is 0 Å². The van der Waals surface area contributed by atoms with Gasteiger partial charge in [0.15, 0.2) is 0 Å². The van der Waals surface area contributed by atoms with Crippen molar-refractivity contribution in [2.24, 2.45) is 0 Å². The molecule has 33 heavy (non-hydrogen) atoms. The molecular formula is C27H27ClN4O. The van der Waals surface area contributed by atoms with E-state index in [0.717, 1.165) is 41.9 Å². The van der Waals surface area contributed by atoms with Crippen LogP contribution in [0.3, 0.4) is 0 Å². The van der Waals surface area contributed by atoms with Gasteiger partial charge in [0.1, 0.15) is 5.82 Å². The third kappa shape index (κ3) is 4.46. The van der Waals surface area contributed by atoms with E-state index in [9.17, 15) is 4.79 Å². The number of carbonyl (C=O) groups is 1. The summed E-state index contributed by atoms with van der Waals surface area (Å²) in [6.07, 6.45) is 4.86. The SMILES string of the molecule is CCc1cccc(-c2nc(C3CCN(C(=O)Nc4cccc(Cl)c4)CC3)n3ccccc23)c1. The highest BCUT2D eigenvalue weighted by Crippen LogP contribution is 2.33. The molecule has 1 N–H and O–H groups in total. The van der Waals surface area contributed by atoms with Gasteiger partial charge >= 0.3 is 6.03 Å². The Bertz CT molecular complexity index is 1290.